The van der Waals surface area contributed by atoms with Crippen molar-refractivity contribution in [2.75, 3.05) is 33.7 Å². The highest BCUT2D eigenvalue weighted by Crippen LogP contribution is 2.28. The first kappa shape index (κ1) is 24.1. The summed E-state index contributed by atoms with van der Waals surface area (Å²) < 4.78 is 7.59. The lowest BCUT2D eigenvalue weighted by molar-refractivity contribution is -0.122. The Hall–Kier alpha value is -3.01. The molecule has 2 aromatic rings. The van der Waals surface area contributed by atoms with E-state index in [-0.39, 0.29) is 23.6 Å². The summed E-state index contributed by atoms with van der Waals surface area (Å²) in [5.74, 6) is 2.24. The van der Waals surface area contributed by atoms with Crippen LogP contribution in [0, 0.1) is 5.92 Å². The van der Waals surface area contributed by atoms with Gasteiger partial charge in [-0.15, -0.1) is 10.2 Å². The number of aromatic nitrogens is 3. The van der Waals surface area contributed by atoms with Gasteiger partial charge in [-0.3, -0.25) is 14.4 Å². The van der Waals surface area contributed by atoms with E-state index in [9.17, 15) is 14.4 Å². The summed E-state index contributed by atoms with van der Waals surface area (Å²) in [5.41, 5.74) is 0.826. The summed E-state index contributed by atoms with van der Waals surface area (Å²) in [5, 5.41) is 11.9. The van der Waals surface area contributed by atoms with Gasteiger partial charge in [0, 0.05) is 38.9 Å². The molecule has 1 aliphatic heterocycles. The molecule has 2 aromatic heterocycles. The van der Waals surface area contributed by atoms with Crippen LogP contribution < -0.4 is 5.32 Å². The molecule has 0 bridgehead atoms. The highest BCUT2D eigenvalue weighted by molar-refractivity contribution is 6.09. The normalized spacial score (nSPS) is 16.9. The molecule has 0 radical (unpaired) electrons. The highest BCUT2D eigenvalue weighted by Gasteiger charge is 2.32. The topological polar surface area (TPSA) is 114 Å². The third kappa shape index (κ3) is 5.06. The van der Waals surface area contributed by atoms with Crippen LogP contribution in [0.25, 0.3) is 0 Å². The molecule has 184 valence electrons. The summed E-state index contributed by atoms with van der Waals surface area (Å²) in [6.45, 7) is 5.98. The summed E-state index contributed by atoms with van der Waals surface area (Å²) in [7, 11) is 3.72. The van der Waals surface area contributed by atoms with Crippen LogP contribution in [0.3, 0.4) is 0 Å². The van der Waals surface area contributed by atoms with Crippen LogP contribution in [0.4, 0.5) is 0 Å². The van der Waals surface area contributed by atoms with E-state index < -0.39 is 0 Å². The van der Waals surface area contributed by atoms with E-state index in [1.807, 2.05) is 23.6 Å². The van der Waals surface area contributed by atoms with E-state index in [1.54, 1.807) is 4.90 Å². The summed E-state index contributed by atoms with van der Waals surface area (Å²) in [6.07, 6.45) is 4.63. The fraction of sp³-hybridized carbons (Fsp3) is 0.625. The van der Waals surface area contributed by atoms with Crippen molar-refractivity contribution in [1.82, 2.24) is 29.9 Å². The molecule has 10 heteroatoms. The Bertz CT molecular complexity index is 1070. The fourth-order valence-electron chi connectivity index (χ4n) is 4.78. The number of fused-ring (bicyclic) bond motifs is 2. The SMILES string of the molecule is CC(C)CC(NC(=O)CN(C)C)c1nnc2n1CCN(C(=O)c1coc3c1C(=O)CCC3)CC2. The zero-order chi connectivity index (χ0) is 24.4. The van der Waals surface area contributed by atoms with Crippen molar-refractivity contribution in [3.8, 4) is 0 Å². The first-order chi connectivity index (χ1) is 16.2. The second-order valence-electron chi connectivity index (χ2n) is 9.88. The Labute approximate surface area is 199 Å². The maximum atomic E-state index is 13.3. The summed E-state index contributed by atoms with van der Waals surface area (Å²) in [6, 6.07) is -0.255. The van der Waals surface area contributed by atoms with Crippen LogP contribution in [-0.4, -0.2) is 75.9 Å². The number of ketones is 1. The number of nitrogens with one attached hydrogen (secondary N) is 1. The number of carbonyl (C=O) groups is 3. The Morgan fingerprint density at radius 3 is 2.68 bits per heavy atom. The summed E-state index contributed by atoms with van der Waals surface area (Å²) in [4.78, 5) is 41.8. The zero-order valence-corrected chi connectivity index (χ0v) is 20.5. The molecule has 3 heterocycles. The molecule has 2 amide bonds. The highest BCUT2D eigenvalue weighted by atomic mass is 16.3. The predicted molar refractivity (Wildman–Crippen MR) is 124 cm³/mol. The minimum atomic E-state index is -0.255. The lowest BCUT2D eigenvalue weighted by Crippen LogP contribution is -2.38. The van der Waals surface area contributed by atoms with Crippen LogP contribution in [0.1, 0.15) is 77.3 Å². The molecular weight excluding hydrogens is 436 g/mol. The van der Waals surface area contributed by atoms with Crippen LogP contribution >= 0.6 is 0 Å². The molecule has 0 saturated carbocycles. The zero-order valence-electron chi connectivity index (χ0n) is 20.5. The van der Waals surface area contributed by atoms with Gasteiger partial charge in [0.25, 0.3) is 5.91 Å². The third-order valence-electron chi connectivity index (χ3n) is 6.34. The number of hydrogen-bond donors (Lipinski definition) is 1. The van der Waals surface area contributed by atoms with Gasteiger partial charge in [0.2, 0.25) is 5.91 Å². The second-order valence-corrected chi connectivity index (χ2v) is 9.88. The number of carbonyl (C=O) groups excluding carboxylic acids is 3. The maximum absolute atomic E-state index is 13.3. The van der Waals surface area contributed by atoms with Crippen molar-refractivity contribution in [3.63, 3.8) is 0 Å². The number of rotatable bonds is 7. The average Bonchev–Trinajstić information content (AvgIpc) is 3.31. The lowest BCUT2D eigenvalue weighted by Gasteiger charge is -2.23. The standard InChI is InChI=1S/C24H34N6O4/c1-15(2)12-17(25-21(32)13-28(3)4)23-27-26-20-8-9-29(10-11-30(20)23)24(33)16-14-34-19-7-5-6-18(31)22(16)19/h14-15,17H,5-13H2,1-4H3,(H,25,32). The van der Waals surface area contributed by atoms with Crippen LogP contribution in [-0.2, 0) is 24.2 Å². The van der Waals surface area contributed by atoms with Crippen LogP contribution in [0.15, 0.2) is 10.7 Å². The Kier molecular flexibility index (Phi) is 7.16. The van der Waals surface area contributed by atoms with Gasteiger partial charge in [0.05, 0.1) is 23.7 Å². The molecule has 34 heavy (non-hydrogen) atoms. The van der Waals surface area contributed by atoms with E-state index in [0.717, 1.165) is 24.5 Å². The molecule has 0 fully saturated rings. The van der Waals surface area contributed by atoms with Gasteiger partial charge in [-0.25, -0.2) is 0 Å². The first-order valence-electron chi connectivity index (χ1n) is 12.0. The van der Waals surface area contributed by atoms with E-state index in [2.05, 4.69) is 29.4 Å². The van der Waals surface area contributed by atoms with E-state index >= 15 is 0 Å². The maximum Gasteiger partial charge on any atom is 0.257 e. The van der Waals surface area contributed by atoms with Gasteiger partial charge >= 0.3 is 0 Å². The number of hydrogen-bond acceptors (Lipinski definition) is 7. The monoisotopic (exact) mass is 470 g/mol. The van der Waals surface area contributed by atoms with Crippen molar-refractivity contribution in [1.29, 1.82) is 0 Å². The molecule has 1 aliphatic carbocycles. The average molecular weight is 471 g/mol. The van der Waals surface area contributed by atoms with Crippen LogP contribution in [0.5, 0.6) is 0 Å². The molecule has 0 spiro atoms. The van der Waals surface area contributed by atoms with Crippen molar-refractivity contribution >= 4 is 17.6 Å². The first-order valence-corrected chi connectivity index (χ1v) is 12.0. The lowest BCUT2D eigenvalue weighted by atomic mass is 9.94. The number of likely N-dealkylation sites (N-methyl/N-ethyl adjacent to an activating group) is 1. The summed E-state index contributed by atoms with van der Waals surface area (Å²) >= 11 is 0. The fourth-order valence-corrected chi connectivity index (χ4v) is 4.78. The quantitative estimate of drug-likeness (QED) is 0.657. The Balaban J connectivity index is 1.51. The van der Waals surface area contributed by atoms with Gasteiger partial charge in [-0.05, 0) is 32.9 Å². The van der Waals surface area contributed by atoms with E-state index in [4.69, 9.17) is 4.42 Å². The van der Waals surface area contributed by atoms with Crippen molar-refractivity contribution in [2.24, 2.45) is 5.92 Å². The molecule has 0 aromatic carbocycles. The third-order valence-corrected chi connectivity index (χ3v) is 6.34. The van der Waals surface area contributed by atoms with Gasteiger partial charge in [-0.2, -0.15) is 0 Å². The molecule has 2 aliphatic rings. The van der Waals surface area contributed by atoms with Gasteiger partial charge < -0.3 is 24.1 Å². The van der Waals surface area contributed by atoms with Crippen LogP contribution in [0.2, 0.25) is 0 Å². The number of furan rings is 1. The molecule has 1 N–H and O–H groups in total. The second kappa shape index (κ2) is 10.1. The molecular formula is C24H34N6O4. The largest absolute Gasteiger partial charge is 0.468 e. The molecule has 4 rings (SSSR count). The molecule has 10 nitrogen and oxygen atoms in total. The minimum Gasteiger partial charge on any atom is -0.468 e. The number of nitrogens with zero attached hydrogens (tertiary/aromatic N) is 5. The van der Waals surface area contributed by atoms with Crippen molar-refractivity contribution in [3.05, 3.63) is 34.8 Å². The Morgan fingerprint density at radius 1 is 1.15 bits per heavy atom. The molecule has 0 saturated heterocycles. The van der Waals surface area contributed by atoms with E-state index in [1.165, 1.54) is 6.26 Å². The Morgan fingerprint density at radius 2 is 1.94 bits per heavy atom. The number of amides is 2. The number of aryl methyl sites for hydroxylation is 1. The van der Waals surface area contributed by atoms with E-state index in [0.29, 0.717) is 68.2 Å². The van der Waals surface area contributed by atoms with Crippen molar-refractivity contribution < 1.29 is 18.8 Å². The predicted octanol–water partition coefficient (Wildman–Crippen LogP) is 1.85. The molecule has 1 unspecified atom stereocenters. The minimum absolute atomic E-state index is 0.0161. The van der Waals surface area contributed by atoms with Gasteiger partial charge in [0.1, 0.15) is 17.8 Å². The van der Waals surface area contributed by atoms with Gasteiger partial charge in [-0.1, -0.05) is 13.8 Å². The van der Waals surface area contributed by atoms with Crippen molar-refractivity contribution in [2.45, 2.75) is 58.5 Å². The number of Topliss-reactive ketones (excluding diaryl/α,β-unsaturated/α-hetero) is 1. The van der Waals surface area contributed by atoms with Gasteiger partial charge in [0.15, 0.2) is 11.6 Å². The smallest absolute Gasteiger partial charge is 0.257 e. The molecule has 1 atom stereocenters.